The van der Waals surface area contributed by atoms with E-state index in [0.717, 1.165) is 55.7 Å². The molecule has 0 spiro atoms. The van der Waals surface area contributed by atoms with Crippen molar-refractivity contribution in [2.75, 3.05) is 4.90 Å². The van der Waals surface area contributed by atoms with Crippen LogP contribution >= 0.6 is 0 Å². The molecular weight excluding hydrogens is 715 g/mol. The molecular formula is C57H41NO. The zero-order valence-corrected chi connectivity index (χ0v) is 33.1. The zero-order chi connectivity index (χ0) is 39.5. The summed E-state index contributed by atoms with van der Waals surface area (Å²) in [6, 6.07) is 76.8. The van der Waals surface area contributed by atoms with Gasteiger partial charge >= 0.3 is 0 Å². The zero-order valence-electron chi connectivity index (χ0n) is 33.1. The Hall–Kier alpha value is -7.42. The molecule has 0 aliphatic heterocycles. The first-order valence-corrected chi connectivity index (χ1v) is 20.4. The second-order valence-corrected chi connectivity index (χ2v) is 16.1. The van der Waals surface area contributed by atoms with Crippen LogP contribution in [-0.4, -0.2) is 0 Å². The average molecular weight is 756 g/mol. The standard InChI is InChI=1S/C57H41NO/c1-57(2)52-25-15-14-24-47(52)48-31-28-43(36-53(48)57)58(44-29-32-50-49-30-26-41(38-16-6-3-7-17-38)35-55(49)59-56(50)37-44)54-33-27-42(34-51(54)40-20-10-5-11-21-40)46-23-13-12-22-45(46)39-18-8-4-9-19-39/h3-37H,1-2H3. The summed E-state index contributed by atoms with van der Waals surface area (Å²) in [5, 5.41) is 2.21. The largest absolute Gasteiger partial charge is 0.456 e. The van der Waals surface area contributed by atoms with Crippen molar-refractivity contribution in [2.24, 2.45) is 0 Å². The summed E-state index contributed by atoms with van der Waals surface area (Å²) in [5.41, 5.74) is 19.5. The molecule has 2 heteroatoms. The summed E-state index contributed by atoms with van der Waals surface area (Å²) in [5.74, 6) is 0. The van der Waals surface area contributed by atoms with E-state index in [9.17, 15) is 0 Å². The first-order valence-electron chi connectivity index (χ1n) is 20.4. The number of fused-ring (bicyclic) bond motifs is 6. The lowest BCUT2D eigenvalue weighted by atomic mass is 9.82. The number of nitrogens with zero attached hydrogens (tertiary/aromatic N) is 1. The van der Waals surface area contributed by atoms with E-state index in [1.54, 1.807) is 0 Å². The molecule has 280 valence electrons. The lowest BCUT2D eigenvalue weighted by Gasteiger charge is -2.30. The van der Waals surface area contributed by atoms with Gasteiger partial charge in [0.2, 0.25) is 0 Å². The second kappa shape index (κ2) is 13.9. The van der Waals surface area contributed by atoms with Crippen molar-refractivity contribution >= 4 is 39.0 Å². The van der Waals surface area contributed by atoms with Gasteiger partial charge in [-0.2, -0.15) is 0 Å². The quantitative estimate of drug-likeness (QED) is 0.161. The molecule has 1 aliphatic carbocycles. The molecule has 9 aromatic carbocycles. The molecule has 0 amide bonds. The Kier molecular flexibility index (Phi) is 8.20. The summed E-state index contributed by atoms with van der Waals surface area (Å²) in [7, 11) is 0. The monoisotopic (exact) mass is 755 g/mol. The molecule has 1 aliphatic rings. The minimum Gasteiger partial charge on any atom is -0.456 e. The van der Waals surface area contributed by atoms with Crippen LogP contribution in [0, 0.1) is 0 Å². The SMILES string of the molecule is CC1(C)c2ccccc2-c2ccc(N(c3ccc4c(c3)oc3cc(-c5ccccc5)ccc34)c3ccc(-c4ccccc4-c4ccccc4)cc3-c3ccccc3)cc21. The summed E-state index contributed by atoms with van der Waals surface area (Å²) in [6.07, 6.45) is 0. The molecule has 1 heterocycles. The Morgan fingerprint density at radius 2 is 0.847 bits per heavy atom. The number of hydrogen-bond donors (Lipinski definition) is 0. The molecule has 0 atom stereocenters. The van der Waals surface area contributed by atoms with Gasteiger partial charge < -0.3 is 9.32 Å². The van der Waals surface area contributed by atoms with Gasteiger partial charge in [-0.25, -0.2) is 0 Å². The Balaban J connectivity index is 1.13. The molecule has 0 fully saturated rings. The topological polar surface area (TPSA) is 16.4 Å². The van der Waals surface area contributed by atoms with Crippen LogP contribution in [0.1, 0.15) is 25.0 Å². The highest BCUT2D eigenvalue weighted by atomic mass is 16.3. The van der Waals surface area contributed by atoms with E-state index in [0.29, 0.717) is 0 Å². The van der Waals surface area contributed by atoms with Crippen molar-refractivity contribution < 1.29 is 4.42 Å². The third-order valence-electron chi connectivity index (χ3n) is 12.3. The van der Waals surface area contributed by atoms with Gasteiger partial charge in [-0.3, -0.25) is 0 Å². The first kappa shape index (κ1) is 34.8. The van der Waals surface area contributed by atoms with Crippen LogP contribution in [0.5, 0.6) is 0 Å². The molecule has 2 nitrogen and oxygen atoms in total. The van der Waals surface area contributed by atoms with Crippen LogP contribution in [0.15, 0.2) is 217 Å². The lowest BCUT2D eigenvalue weighted by molar-refractivity contribution is 0.660. The van der Waals surface area contributed by atoms with E-state index < -0.39 is 0 Å². The summed E-state index contributed by atoms with van der Waals surface area (Å²) in [6.45, 7) is 4.70. The molecule has 11 rings (SSSR count). The van der Waals surface area contributed by atoms with Crippen LogP contribution in [0.3, 0.4) is 0 Å². The van der Waals surface area contributed by atoms with Gasteiger partial charge in [0.1, 0.15) is 11.2 Å². The highest BCUT2D eigenvalue weighted by Crippen LogP contribution is 2.52. The smallest absolute Gasteiger partial charge is 0.137 e. The molecule has 59 heavy (non-hydrogen) atoms. The minimum absolute atomic E-state index is 0.153. The van der Waals surface area contributed by atoms with Crippen LogP contribution in [-0.2, 0) is 5.41 Å². The fourth-order valence-electron chi connectivity index (χ4n) is 9.33. The number of anilines is 3. The van der Waals surface area contributed by atoms with E-state index in [1.165, 1.54) is 50.1 Å². The van der Waals surface area contributed by atoms with Crippen LogP contribution in [0.2, 0.25) is 0 Å². The van der Waals surface area contributed by atoms with Crippen molar-refractivity contribution in [1.82, 2.24) is 0 Å². The second-order valence-electron chi connectivity index (χ2n) is 16.1. The molecule has 10 aromatic rings. The van der Waals surface area contributed by atoms with E-state index in [2.05, 4.69) is 231 Å². The van der Waals surface area contributed by atoms with Crippen molar-refractivity contribution in [1.29, 1.82) is 0 Å². The number of benzene rings is 9. The summed E-state index contributed by atoms with van der Waals surface area (Å²) < 4.78 is 6.75. The predicted molar refractivity (Wildman–Crippen MR) is 248 cm³/mol. The van der Waals surface area contributed by atoms with Gasteiger partial charge in [-0.05, 0) is 110 Å². The van der Waals surface area contributed by atoms with Crippen LogP contribution in [0.25, 0.3) is 77.6 Å². The van der Waals surface area contributed by atoms with E-state index >= 15 is 0 Å². The fourth-order valence-corrected chi connectivity index (χ4v) is 9.33. The van der Waals surface area contributed by atoms with Crippen molar-refractivity contribution in [3.63, 3.8) is 0 Å². The molecule has 0 saturated heterocycles. The van der Waals surface area contributed by atoms with Crippen molar-refractivity contribution in [3.8, 4) is 55.6 Å². The Morgan fingerprint density at radius 1 is 0.339 bits per heavy atom. The van der Waals surface area contributed by atoms with E-state index in [1.807, 2.05) is 0 Å². The Morgan fingerprint density at radius 3 is 1.56 bits per heavy atom. The summed E-state index contributed by atoms with van der Waals surface area (Å²) in [4.78, 5) is 2.43. The van der Waals surface area contributed by atoms with E-state index in [-0.39, 0.29) is 5.41 Å². The Bertz CT molecular complexity index is 3180. The van der Waals surface area contributed by atoms with Gasteiger partial charge in [0.05, 0.1) is 5.69 Å². The maximum atomic E-state index is 6.75. The maximum Gasteiger partial charge on any atom is 0.137 e. The molecule has 0 saturated carbocycles. The highest BCUT2D eigenvalue weighted by molar-refractivity contribution is 6.07. The first-order chi connectivity index (χ1) is 29.0. The number of hydrogen-bond acceptors (Lipinski definition) is 2. The third-order valence-corrected chi connectivity index (χ3v) is 12.3. The number of furan rings is 1. The fraction of sp³-hybridized carbons (Fsp3) is 0.0526. The summed E-state index contributed by atoms with van der Waals surface area (Å²) >= 11 is 0. The Labute approximate surface area is 345 Å². The molecule has 0 N–H and O–H groups in total. The number of rotatable bonds is 7. The average Bonchev–Trinajstić information content (AvgIpc) is 3.78. The molecule has 0 radical (unpaired) electrons. The van der Waals surface area contributed by atoms with Crippen LogP contribution < -0.4 is 4.90 Å². The van der Waals surface area contributed by atoms with Gasteiger partial charge in [-0.1, -0.05) is 172 Å². The maximum absolute atomic E-state index is 6.75. The highest BCUT2D eigenvalue weighted by Gasteiger charge is 2.36. The van der Waals surface area contributed by atoms with Gasteiger partial charge in [0.15, 0.2) is 0 Å². The van der Waals surface area contributed by atoms with Gasteiger partial charge in [0.25, 0.3) is 0 Å². The third kappa shape index (κ3) is 5.87. The van der Waals surface area contributed by atoms with Crippen molar-refractivity contribution in [2.45, 2.75) is 19.3 Å². The predicted octanol–water partition coefficient (Wildman–Crippen LogP) is 16.0. The normalized spacial score (nSPS) is 12.7. The molecule has 0 bridgehead atoms. The van der Waals surface area contributed by atoms with E-state index in [4.69, 9.17) is 4.42 Å². The molecule has 1 aromatic heterocycles. The minimum atomic E-state index is -0.153. The molecule has 0 unspecified atom stereocenters. The lowest BCUT2D eigenvalue weighted by Crippen LogP contribution is -2.17. The van der Waals surface area contributed by atoms with Crippen molar-refractivity contribution in [3.05, 3.63) is 223 Å². The van der Waals surface area contributed by atoms with Gasteiger partial charge in [-0.15, -0.1) is 0 Å². The van der Waals surface area contributed by atoms with Gasteiger partial charge in [0, 0.05) is 39.2 Å². The van der Waals surface area contributed by atoms with Crippen LogP contribution in [0.4, 0.5) is 17.1 Å².